The van der Waals surface area contributed by atoms with Gasteiger partial charge in [-0.1, -0.05) is 40.5 Å². The van der Waals surface area contributed by atoms with Gasteiger partial charge in [0.05, 0.1) is 0 Å². The van der Waals surface area contributed by atoms with Crippen molar-refractivity contribution in [2.24, 2.45) is 0 Å². The summed E-state index contributed by atoms with van der Waals surface area (Å²) in [7, 11) is -5.52. The van der Waals surface area contributed by atoms with Crippen molar-refractivity contribution in [2.45, 2.75) is 58.0 Å². The second kappa shape index (κ2) is 12.0. The molecule has 0 heterocycles. The highest BCUT2D eigenvalue weighted by molar-refractivity contribution is 7.48. The lowest BCUT2D eigenvalue weighted by molar-refractivity contribution is -0.355. The fourth-order valence-electron chi connectivity index (χ4n) is 1.64. The van der Waals surface area contributed by atoms with Gasteiger partial charge in [-0.15, -0.1) is 0 Å². The summed E-state index contributed by atoms with van der Waals surface area (Å²) in [6.45, 7) is 13.0. The fourth-order valence-corrected chi connectivity index (χ4v) is 3.30. The molecule has 0 saturated heterocycles. The minimum atomic E-state index is -5.52. The maximum atomic E-state index is 13.3. The van der Waals surface area contributed by atoms with Crippen LogP contribution in [0, 0.1) is 0 Å². The lowest BCUT2D eigenvalue weighted by Crippen LogP contribution is -2.43. The molecule has 0 aliphatic heterocycles. The van der Waals surface area contributed by atoms with E-state index in [-0.39, 0.29) is 0 Å². The summed E-state index contributed by atoms with van der Waals surface area (Å²) in [5.41, 5.74) is 0. The highest BCUT2D eigenvalue weighted by atomic mass is 31.2. The Bertz CT molecular complexity index is 681. The molecule has 0 radical (unpaired) electrons. The van der Waals surface area contributed by atoms with Gasteiger partial charge in [0.1, 0.15) is 0 Å². The van der Waals surface area contributed by atoms with Crippen LogP contribution < -0.4 is 0 Å². The largest absolute Gasteiger partial charge is 0.490 e. The van der Waals surface area contributed by atoms with Gasteiger partial charge in [0.15, 0.2) is 0 Å². The normalized spacial score (nSPS) is 18.4. The maximum Gasteiger partial charge on any atom is 0.490 e. The van der Waals surface area contributed by atoms with Crippen molar-refractivity contribution in [2.75, 3.05) is 0 Å². The smallest absolute Gasteiger partial charge is 0.404 e. The lowest BCUT2D eigenvalue weighted by atomic mass is 10.4. The number of esters is 3. The van der Waals surface area contributed by atoms with Gasteiger partial charge in [-0.3, -0.25) is 0 Å². The zero-order valence-corrected chi connectivity index (χ0v) is 18.7. The Labute approximate surface area is 184 Å². The zero-order chi connectivity index (χ0) is 25.2. The number of ether oxygens (including phenoxy) is 3. The van der Waals surface area contributed by atoms with E-state index in [1.807, 2.05) is 0 Å². The minimum absolute atomic E-state index is 0.586. The van der Waals surface area contributed by atoms with Gasteiger partial charge in [0.2, 0.25) is 0 Å². The number of aliphatic hydroxyl groups is 3. The number of carbonyl (C=O) groups is 3. The van der Waals surface area contributed by atoms with Crippen molar-refractivity contribution in [3.05, 3.63) is 38.0 Å². The first kappa shape index (κ1) is 29.6. The summed E-state index contributed by atoms with van der Waals surface area (Å²) < 4.78 is 41.4. The molecule has 0 bridgehead atoms. The highest BCUT2D eigenvalue weighted by Gasteiger charge is 2.53. The van der Waals surface area contributed by atoms with E-state index < -0.39 is 62.9 Å². The van der Waals surface area contributed by atoms with Crippen molar-refractivity contribution in [1.29, 1.82) is 0 Å². The van der Waals surface area contributed by atoms with Crippen molar-refractivity contribution in [3.63, 3.8) is 0 Å². The standard InChI is InChI=1S/C18H27O13P/c1-7-13(19)26-16(22,10-4)29-32(25,30-17(23,11-5)27-14(20)8-2)31-18(24,12-6)28-15(21)9-3/h7-9,22-24H,1-3,10-12H2,4-6H3. The summed E-state index contributed by atoms with van der Waals surface area (Å²) >= 11 is 0. The van der Waals surface area contributed by atoms with Gasteiger partial charge in [-0.25, -0.2) is 32.5 Å². The molecule has 32 heavy (non-hydrogen) atoms. The molecule has 0 aromatic carbocycles. The molecule has 0 amide bonds. The average Bonchev–Trinajstić information content (AvgIpc) is 2.72. The Morgan fingerprint density at radius 3 is 1.06 bits per heavy atom. The van der Waals surface area contributed by atoms with E-state index in [2.05, 4.69) is 33.9 Å². The molecule has 0 aliphatic rings. The molecule has 0 aliphatic carbocycles. The Balaban J connectivity index is 6.32. The Morgan fingerprint density at radius 1 is 0.688 bits per heavy atom. The Hall–Kier alpha value is -2.38. The summed E-state index contributed by atoms with van der Waals surface area (Å²) in [6.07, 6.45) is 0.156. The molecule has 3 N–H and O–H groups in total. The van der Waals surface area contributed by atoms with E-state index in [1.54, 1.807) is 0 Å². The maximum absolute atomic E-state index is 13.3. The van der Waals surface area contributed by atoms with Crippen LogP contribution in [0.3, 0.4) is 0 Å². The van der Waals surface area contributed by atoms with E-state index >= 15 is 0 Å². The molecule has 0 aromatic rings. The molecule has 0 aromatic heterocycles. The van der Waals surface area contributed by atoms with Crippen LogP contribution in [0.2, 0.25) is 0 Å². The number of hydrogen-bond donors (Lipinski definition) is 3. The quantitative estimate of drug-likeness (QED) is 0.100. The van der Waals surface area contributed by atoms with Gasteiger partial charge in [0.25, 0.3) is 0 Å². The zero-order valence-electron chi connectivity index (χ0n) is 17.8. The van der Waals surface area contributed by atoms with Crippen LogP contribution in [0.5, 0.6) is 0 Å². The minimum Gasteiger partial charge on any atom is -0.404 e. The van der Waals surface area contributed by atoms with Gasteiger partial charge < -0.3 is 29.5 Å². The second-order valence-electron chi connectivity index (χ2n) is 5.80. The molecule has 3 unspecified atom stereocenters. The van der Waals surface area contributed by atoms with Crippen LogP contribution in [0.1, 0.15) is 40.0 Å². The number of phosphoric ester groups is 1. The van der Waals surface area contributed by atoms with E-state index in [9.17, 15) is 34.3 Å². The first-order valence-electron chi connectivity index (χ1n) is 9.12. The predicted molar refractivity (Wildman–Crippen MR) is 105 cm³/mol. The third-order valence-corrected chi connectivity index (χ3v) is 4.91. The van der Waals surface area contributed by atoms with Crippen molar-refractivity contribution in [3.8, 4) is 0 Å². The summed E-state index contributed by atoms with van der Waals surface area (Å²) in [6, 6.07) is 0. The first-order valence-corrected chi connectivity index (χ1v) is 10.6. The molecule has 3 atom stereocenters. The predicted octanol–water partition coefficient (Wildman–Crippen LogP) is 1.50. The molecule has 14 heteroatoms. The fraction of sp³-hybridized carbons (Fsp3) is 0.500. The van der Waals surface area contributed by atoms with Crippen molar-refractivity contribution < 1.29 is 62.1 Å². The van der Waals surface area contributed by atoms with Crippen LogP contribution >= 0.6 is 7.82 Å². The molecule has 0 rings (SSSR count). The number of rotatable bonds is 15. The van der Waals surface area contributed by atoms with Gasteiger partial charge >= 0.3 is 43.7 Å². The molecule has 0 spiro atoms. The molecular formula is C18H27O13P. The molecule has 182 valence electrons. The average molecular weight is 482 g/mol. The van der Waals surface area contributed by atoms with Crippen LogP contribution in [0.25, 0.3) is 0 Å². The van der Waals surface area contributed by atoms with Gasteiger partial charge in [0, 0.05) is 37.5 Å². The number of carbonyl (C=O) groups excluding carboxylic acids is 3. The molecule has 13 nitrogen and oxygen atoms in total. The van der Waals surface area contributed by atoms with E-state index in [4.69, 9.17) is 13.6 Å². The topological polar surface area (TPSA) is 184 Å². The summed E-state index contributed by atoms with van der Waals surface area (Å²) in [4.78, 5) is 34.5. The van der Waals surface area contributed by atoms with E-state index in [0.29, 0.717) is 18.2 Å². The third kappa shape index (κ3) is 9.40. The third-order valence-electron chi connectivity index (χ3n) is 3.38. The van der Waals surface area contributed by atoms with Crippen LogP contribution in [-0.4, -0.2) is 51.1 Å². The van der Waals surface area contributed by atoms with Crippen molar-refractivity contribution >= 4 is 25.7 Å². The summed E-state index contributed by atoms with van der Waals surface area (Å²) in [5, 5.41) is 31.2. The second-order valence-corrected chi connectivity index (χ2v) is 7.24. The monoisotopic (exact) mass is 482 g/mol. The van der Waals surface area contributed by atoms with Crippen LogP contribution in [0.4, 0.5) is 0 Å². The van der Waals surface area contributed by atoms with Crippen LogP contribution in [0.15, 0.2) is 38.0 Å². The van der Waals surface area contributed by atoms with E-state index in [1.165, 1.54) is 20.8 Å². The van der Waals surface area contributed by atoms with Gasteiger partial charge in [-0.2, -0.15) is 0 Å². The number of phosphoric acid groups is 1. The first-order chi connectivity index (χ1) is 14.7. The van der Waals surface area contributed by atoms with Crippen molar-refractivity contribution in [1.82, 2.24) is 0 Å². The lowest BCUT2D eigenvalue weighted by Gasteiger charge is -2.36. The molecular weight excluding hydrogens is 455 g/mol. The number of hydrogen-bond acceptors (Lipinski definition) is 13. The SMILES string of the molecule is C=CC(=O)OC(O)(CC)OP(=O)(OC(O)(CC)OC(=O)C=C)OC(O)(CC)OC(=O)C=C. The summed E-state index contributed by atoms with van der Waals surface area (Å²) in [5.74, 6) is -12.7. The highest BCUT2D eigenvalue weighted by Crippen LogP contribution is 2.58. The van der Waals surface area contributed by atoms with Crippen LogP contribution in [-0.2, 0) is 46.7 Å². The Kier molecular flexibility index (Phi) is 11.1. The molecule has 0 fully saturated rings. The Morgan fingerprint density at radius 2 is 0.906 bits per heavy atom. The van der Waals surface area contributed by atoms with E-state index in [0.717, 1.165) is 0 Å². The van der Waals surface area contributed by atoms with Gasteiger partial charge in [-0.05, 0) is 0 Å². The molecule has 0 saturated carbocycles.